The monoisotopic (exact) mass is 275 g/mol. The van der Waals surface area contributed by atoms with Gasteiger partial charge in [0.1, 0.15) is 0 Å². The predicted molar refractivity (Wildman–Crippen MR) is 81.8 cm³/mol. The number of piperazine rings is 1. The Bertz CT molecular complexity index is 439. The van der Waals surface area contributed by atoms with Crippen LogP contribution in [-0.4, -0.2) is 62.0 Å². The van der Waals surface area contributed by atoms with E-state index in [-0.39, 0.29) is 5.91 Å². The number of nitrogens with one attached hydrogen (secondary N) is 1. The van der Waals surface area contributed by atoms with Gasteiger partial charge in [-0.05, 0) is 38.1 Å². The summed E-state index contributed by atoms with van der Waals surface area (Å²) in [5, 5.41) is 3.26. The zero-order valence-corrected chi connectivity index (χ0v) is 12.6. The Morgan fingerprint density at radius 1 is 1.20 bits per heavy atom. The fraction of sp³-hybridized carbons (Fsp3) is 0.562. The van der Waals surface area contributed by atoms with Crippen LogP contribution in [0.3, 0.4) is 0 Å². The normalized spacial score (nSPS) is 16.4. The lowest BCUT2D eigenvalue weighted by molar-refractivity contribution is -0.131. The number of nitrogens with zero attached hydrogens (tertiary/aromatic N) is 2. The first-order valence-corrected chi connectivity index (χ1v) is 7.38. The molecule has 110 valence electrons. The molecule has 0 bridgehead atoms. The second-order valence-electron chi connectivity index (χ2n) is 5.54. The summed E-state index contributed by atoms with van der Waals surface area (Å²) in [7, 11) is 2.10. The van der Waals surface area contributed by atoms with Crippen LogP contribution in [0.2, 0.25) is 0 Å². The molecule has 0 radical (unpaired) electrons. The molecule has 1 aromatic carbocycles. The SMILES string of the molecule is Cc1ccccc1CCNCC(=O)N1CCN(C)CC1. The van der Waals surface area contributed by atoms with Gasteiger partial charge in [-0.2, -0.15) is 0 Å². The van der Waals surface area contributed by atoms with Crippen molar-refractivity contribution < 1.29 is 4.79 Å². The summed E-state index contributed by atoms with van der Waals surface area (Å²) in [5.74, 6) is 0.225. The second-order valence-corrected chi connectivity index (χ2v) is 5.54. The quantitative estimate of drug-likeness (QED) is 0.811. The lowest BCUT2D eigenvalue weighted by Crippen LogP contribution is -2.49. The van der Waals surface area contributed by atoms with Crippen LogP contribution in [0.15, 0.2) is 24.3 Å². The van der Waals surface area contributed by atoms with Crippen molar-refractivity contribution in [2.75, 3.05) is 46.3 Å². The van der Waals surface area contributed by atoms with Crippen LogP contribution in [0, 0.1) is 6.92 Å². The van der Waals surface area contributed by atoms with E-state index in [1.165, 1.54) is 11.1 Å². The van der Waals surface area contributed by atoms with Crippen LogP contribution in [-0.2, 0) is 11.2 Å². The summed E-state index contributed by atoms with van der Waals surface area (Å²) < 4.78 is 0. The maximum Gasteiger partial charge on any atom is 0.236 e. The van der Waals surface area contributed by atoms with Crippen LogP contribution in [0.5, 0.6) is 0 Å². The minimum atomic E-state index is 0.225. The van der Waals surface area contributed by atoms with E-state index >= 15 is 0 Å². The molecular weight excluding hydrogens is 250 g/mol. The lowest BCUT2D eigenvalue weighted by Gasteiger charge is -2.32. The van der Waals surface area contributed by atoms with Crippen molar-refractivity contribution >= 4 is 5.91 Å². The van der Waals surface area contributed by atoms with Gasteiger partial charge >= 0.3 is 0 Å². The molecule has 0 aromatic heterocycles. The molecule has 1 amide bonds. The number of aryl methyl sites for hydroxylation is 1. The van der Waals surface area contributed by atoms with Crippen molar-refractivity contribution in [2.45, 2.75) is 13.3 Å². The van der Waals surface area contributed by atoms with Gasteiger partial charge < -0.3 is 15.1 Å². The molecule has 1 aliphatic rings. The van der Waals surface area contributed by atoms with E-state index in [1.807, 2.05) is 4.90 Å². The molecule has 0 spiro atoms. The van der Waals surface area contributed by atoms with Gasteiger partial charge in [0.05, 0.1) is 6.54 Å². The molecule has 2 rings (SSSR count). The summed E-state index contributed by atoms with van der Waals surface area (Å²) >= 11 is 0. The highest BCUT2D eigenvalue weighted by atomic mass is 16.2. The van der Waals surface area contributed by atoms with Gasteiger partial charge in [-0.15, -0.1) is 0 Å². The van der Waals surface area contributed by atoms with E-state index in [2.05, 4.69) is 48.5 Å². The molecular formula is C16H25N3O. The molecule has 1 fully saturated rings. The minimum Gasteiger partial charge on any atom is -0.339 e. The molecule has 0 saturated carbocycles. The third-order valence-corrected chi connectivity index (χ3v) is 3.96. The van der Waals surface area contributed by atoms with Crippen molar-refractivity contribution in [3.8, 4) is 0 Å². The summed E-state index contributed by atoms with van der Waals surface area (Å²) in [6, 6.07) is 8.41. The number of rotatable bonds is 5. The molecule has 4 heteroatoms. The van der Waals surface area contributed by atoms with E-state index < -0.39 is 0 Å². The van der Waals surface area contributed by atoms with Crippen LogP contribution in [0.1, 0.15) is 11.1 Å². The molecule has 1 aromatic rings. The first-order valence-electron chi connectivity index (χ1n) is 7.38. The van der Waals surface area contributed by atoms with Crippen molar-refractivity contribution in [1.82, 2.24) is 15.1 Å². The second kappa shape index (κ2) is 7.41. The first-order chi connectivity index (χ1) is 9.66. The predicted octanol–water partition coefficient (Wildman–Crippen LogP) is 0.901. The van der Waals surface area contributed by atoms with Gasteiger partial charge in [0.15, 0.2) is 0 Å². The molecule has 0 unspecified atom stereocenters. The Morgan fingerprint density at radius 3 is 2.60 bits per heavy atom. The average Bonchev–Trinajstić information content (AvgIpc) is 2.46. The number of hydrogen-bond donors (Lipinski definition) is 1. The molecule has 20 heavy (non-hydrogen) atoms. The highest BCUT2D eigenvalue weighted by molar-refractivity contribution is 5.78. The smallest absolute Gasteiger partial charge is 0.236 e. The van der Waals surface area contributed by atoms with Gasteiger partial charge in [0, 0.05) is 26.2 Å². The van der Waals surface area contributed by atoms with Gasteiger partial charge in [-0.3, -0.25) is 4.79 Å². The minimum absolute atomic E-state index is 0.225. The number of carbonyl (C=O) groups is 1. The van der Waals surface area contributed by atoms with Gasteiger partial charge in [0.25, 0.3) is 0 Å². The van der Waals surface area contributed by atoms with E-state index in [1.54, 1.807) is 0 Å². The van der Waals surface area contributed by atoms with Crippen LogP contribution in [0.4, 0.5) is 0 Å². The molecule has 1 saturated heterocycles. The van der Waals surface area contributed by atoms with Crippen LogP contribution < -0.4 is 5.32 Å². The summed E-state index contributed by atoms with van der Waals surface area (Å²) in [4.78, 5) is 16.2. The van der Waals surface area contributed by atoms with Crippen LogP contribution in [0.25, 0.3) is 0 Å². The maximum atomic E-state index is 12.0. The zero-order chi connectivity index (χ0) is 14.4. The topological polar surface area (TPSA) is 35.6 Å². The zero-order valence-electron chi connectivity index (χ0n) is 12.6. The van der Waals surface area contributed by atoms with Crippen molar-refractivity contribution in [1.29, 1.82) is 0 Å². The van der Waals surface area contributed by atoms with Crippen molar-refractivity contribution in [3.63, 3.8) is 0 Å². The summed E-state index contributed by atoms with van der Waals surface area (Å²) in [6.07, 6.45) is 0.975. The molecule has 0 aliphatic carbocycles. The van der Waals surface area contributed by atoms with Gasteiger partial charge in [-0.1, -0.05) is 24.3 Å². The Kier molecular flexibility index (Phi) is 5.56. The fourth-order valence-corrected chi connectivity index (χ4v) is 2.48. The van der Waals surface area contributed by atoms with Crippen LogP contribution >= 0.6 is 0 Å². The highest BCUT2D eigenvalue weighted by Gasteiger charge is 2.18. The van der Waals surface area contributed by atoms with E-state index in [9.17, 15) is 4.79 Å². The van der Waals surface area contributed by atoms with E-state index in [0.717, 1.165) is 39.1 Å². The van der Waals surface area contributed by atoms with Crippen molar-refractivity contribution in [3.05, 3.63) is 35.4 Å². The third-order valence-electron chi connectivity index (χ3n) is 3.96. The average molecular weight is 275 g/mol. The number of amides is 1. The van der Waals surface area contributed by atoms with Crippen molar-refractivity contribution in [2.24, 2.45) is 0 Å². The maximum absolute atomic E-state index is 12.0. The number of hydrogen-bond acceptors (Lipinski definition) is 3. The molecule has 0 atom stereocenters. The first kappa shape index (κ1) is 15.0. The molecule has 1 heterocycles. The third kappa shape index (κ3) is 4.32. The largest absolute Gasteiger partial charge is 0.339 e. The Labute approximate surface area is 121 Å². The molecule has 4 nitrogen and oxygen atoms in total. The Morgan fingerprint density at radius 2 is 1.90 bits per heavy atom. The number of likely N-dealkylation sites (N-methyl/N-ethyl adjacent to an activating group) is 1. The Hall–Kier alpha value is -1.39. The summed E-state index contributed by atoms with van der Waals surface area (Å²) in [6.45, 7) is 7.11. The summed E-state index contributed by atoms with van der Waals surface area (Å²) in [5.41, 5.74) is 2.67. The number of carbonyl (C=O) groups excluding carboxylic acids is 1. The Balaban J connectivity index is 1.66. The van der Waals surface area contributed by atoms with Gasteiger partial charge in [0.2, 0.25) is 5.91 Å². The fourth-order valence-electron chi connectivity index (χ4n) is 2.48. The lowest BCUT2D eigenvalue weighted by atomic mass is 10.1. The van der Waals surface area contributed by atoms with E-state index in [0.29, 0.717) is 6.54 Å². The van der Waals surface area contributed by atoms with Gasteiger partial charge in [-0.25, -0.2) is 0 Å². The number of benzene rings is 1. The highest BCUT2D eigenvalue weighted by Crippen LogP contribution is 2.06. The van der Waals surface area contributed by atoms with E-state index in [4.69, 9.17) is 0 Å². The molecule has 1 aliphatic heterocycles. The standard InChI is InChI=1S/C16H25N3O/c1-14-5-3-4-6-15(14)7-8-17-13-16(20)19-11-9-18(2)10-12-19/h3-6,17H,7-13H2,1-2H3. The molecule has 1 N–H and O–H groups in total.